The first kappa shape index (κ1) is 21.8. The molecular formula is C18H42N4. The van der Waals surface area contributed by atoms with Gasteiger partial charge < -0.3 is 22.9 Å². The molecule has 0 aromatic carbocycles. The Kier molecular flexibility index (Phi) is 9.79. The Bertz CT molecular complexity index is 293. The highest BCUT2D eigenvalue weighted by molar-refractivity contribution is 4.86. The van der Waals surface area contributed by atoms with Crippen LogP contribution in [0.2, 0.25) is 0 Å². The Labute approximate surface area is 138 Å². The van der Waals surface area contributed by atoms with Crippen molar-refractivity contribution in [3.05, 3.63) is 0 Å². The molecule has 4 unspecified atom stereocenters. The second-order valence-electron chi connectivity index (χ2n) is 8.65. The average molecular weight is 315 g/mol. The Morgan fingerprint density at radius 3 is 1.91 bits per heavy atom. The molecule has 4 atom stereocenters. The lowest BCUT2D eigenvalue weighted by Gasteiger charge is -2.37. The van der Waals surface area contributed by atoms with Crippen molar-refractivity contribution >= 4 is 0 Å². The van der Waals surface area contributed by atoms with Gasteiger partial charge in [0, 0.05) is 6.04 Å². The SMILES string of the molecule is CC(CCN)CC(C)(CN)CC(N)C(C)CC(C)(C)CCN. The van der Waals surface area contributed by atoms with Crippen molar-refractivity contribution < 1.29 is 0 Å². The largest absolute Gasteiger partial charge is 0.330 e. The molecule has 0 saturated carbocycles. The van der Waals surface area contributed by atoms with Crippen LogP contribution in [0, 0.1) is 22.7 Å². The maximum atomic E-state index is 6.52. The van der Waals surface area contributed by atoms with E-state index in [1.54, 1.807) is 0 Å². The third-order valence-electron chi connectivity index (χ3n) is 5.15. The van der Waals surface area contributed by atoms with Crippen LogP contribution in [-0.2, 0) is 0 Å². The van der Waals surface area contributed by atoms with Crippen molar-refractivity contribution in [2.24, 2.45) is 45.6 Å². The fourth-order valence-electron chi connectivity index (χ4n) is 3.76. The Morgan fingerprint density at radius 2 is 1.45 bits per heavy atom. The van der Waals surface area contributed by atoms with Gasteiger partial charge in [0.25, 0.3) is 0 Å². The summed E-state index contributed by atoms with van der Waals surface area (Å²) in [5.74, 6) is 1.09. The van der Waals surface area contributed by atoms with E-state index in [1.807, 2.05) is 0 Å². The van der Waals surface area contributed by atoms with E-state index >= 15 is 0 Å². The summed E-state index contributed by atoms with van der Waals surface area (Å²) in [6.07, 6.45) is 5.31. The molecule has 4 nitrogen and oxygen atoms in total. The van der Waals surface area contributed by atoms with Gasteiger partial charge in [-0.3, -0.25) is 0 Å². The van der Waals surface area contributed by atoms with Crippen LogP contribution in [-0.4, -0.2) is 25.7 Å². The average Bonchev–Trinajstić information content (AvgIpc) is 2.37. The van der Waals surface area contributed by atoms with Gasteiger partial charge in [-0.25, -0.2) is 0 Å². The highest BCUT2D eigenvalue weighted by atomic mass is 14.7. The van der Waals surface area contributed by atoms with Gasteiger partial charge in [0.2, 0.25) is 0 Å². The number of rotatable bonds is 12. The van der Waals surface area contributed by atoms with E-state index in [0.29, 0.717) is 18.4 Å². The first-order chi connectivity index (χ1) is 10.1. The first-order valence-corrected chi connectivity index (χ1v) is 8.95. The predicted octanol–water partition coefficient (Wildman–Crippen LogP) is 2.45. The maximum absolute atomic E-state index is 6.52. The van der Waals surface area contributed by atoms with E-state index in [1.165, 1.54) is 0 Å². The third-order valence-corrected chi connectivity index (χ3v) is 5.15. The van der Waals surface area contributed by atoms with Gasteiger partial charge in [-0.15, -0.1) is 0 Å². The highest BCUT2D eigenvalue weighted by Crippen LogP contribution is 2.35. The summed E-state index contributed by atoms with van der Waals surface area (Å²) >= 11 is 0. The van der Waals surface area contributed by atoms with Crippen molar-refractivity contribution in [2.75, 3.05) is 19.6 Å². The molecule has 8 N–H and O–H groups in total. The second kappa shape index (κ2) is 9.86. The molecular weight excluding hydrogens is 272 g/mol. The van der Waals surface area contributed by atoms with E-state index in [9.17, 15) is 0 Å². The van der Waals surface area contributed by atoms with Crippen LogP contribution in [0.3, 0.4) is 0 Å². The molecule has 134 valence electrons. The normalized spacial score (nSPS) is 19.5. The number of nitrogens with two attached hydrogens (primary N) is 4. The standard InChI is InChI=1S/C18H42N4/c1-14(6-8-19)10-18(5,13-21)12-16(22)15(2)11-17(3,4)7-9-20/h14-16H,6-13,19-22H2,1-5H3. The van der Waals surface area contributed by atoms with Crippen LogP contribution in [0.4, 0.5) is 0 Å². The van der Waals surface area contributed by atoms with Crippen molar-refractivity contribution in [3.63, 3.8) is 0 Å². The summed E-state index contributed by atoms with van der Waals surface area (Å²) < 4.78 is 0. The van der Waals surface area contributed by atoms with Gasteiger partial charge in [0.15, 0.2) is 0 Å². The molecule has 4 heteroatoms. The van der Waals surface area contributed by atoms with Crippen LogP contribution in [0.15, 0.2) is 0 Å². The topological polar surface area (TPSA) is 104 Å². The minimum Gasteiger partial charge on any atom is -0.330 e. The van der Waals surface area contributed by atoms with Crippen LogP contribution < -0.4 is 22.9 Å². The molecule has 0 bridgehead atoms. The van der Waals surface area contributed by atoms with E-state index in [2.05, 4.69) is 34.6 Å². The maximum Gasteiger partial charge on any atom is 0.00703 e. The second-order valence-corrected chi connectivity index (χ2v) is 8.65. The summed E-state index contributed by atoms with van der Waals surface area (Å²) in [5, 5.41) is 0. The number of hydrogen-bond acceptors (Lipinski definition) is 4. The smallest absolute Gasteiger partial charge is 0.00703 e. The van der Waals surface area contributed by atoms with Crippen molar-refractivity contribution in [3.8, 4) is 0 Å². The molecule has 0 spiro atoms. The summed E-state index contributed by atoms with van der Waals surface area (Å²) in [4.78, 5) is 0. The lowest BCUT2D eigenvalue weighted by molar-refractivity contribution is 0.172. The molecule has 0 amide bonds. The summed E-state index contributed by atoms with van der Waals surface area (Å²) in [6.45, 7) is 13.6. The zero-order valence-corrected chi connectivity index (χ0v) is 15.7. The van der Waals surface area contributed by atoms with Crippen molar-refractivity contribution in [2.45, 2.75) is 72.8 Å². The molecule has 0 aliphatic carbocycles. The molecule has 22 heavy (non-hydrogen) atoms. The van der Waals surface area contributed by atoms with Crippen molar-refractivity contribution in [1.29, 1.82) is 0 Å². The van der Waals surface area contributed by atoms with Gasteiger partial charge in [-0.1, -0.05) is 34.6 Å². The van der Waals surface area contributed by atoms with Crippen LogP contribution in [0.1, 0.15) is 66.7 Å². The Morgan fingerprint density at radius 1 is 0.864 bits per heavy atom. The van der Waals surface area contributed by atoms with Gasteiger partial charge >= 0.3 is 0 Å². The molecule has 0 aliphatic rings. The molecule has 0 aliphatic heterocycles. The van der Waals surface area contributed by atoms with Gasteiger partial charge in [-0.2, -0.15) is 0 Å². The lowest BCUT2D eigenvalue weighted by atomic mass is 9.71. The molecule has 0 aromatic rings. The molecule has 0 fully saturated rings. The van der Waals surface area contributed by atoms with E-state index in [-0.39, 0.29) is 16.9 Å². The fraction of sp³-hybridized carbons (Fsp3) is 1.00. The minimum absolute atomic E-state index is 0.111. The van der Waals surface area contributed by atoms with Crippen molar-refractivity contribution in [1.82, 2.24) is 0 Å². The minimum atomic E-state index is 0.111. The zero-order valence-electron chi connectivity index (χ0n) is 15.7. The van der Waals surface area contributed by atoms with E-state index in [4.69, 9.17) is 22.9 Å². The molecule has 0 heterocycles. The summed E-state index contributed by atoms with van der Waals surface area (Å²) in [6, 6.07) is 0.190. The Balaban J connectivity index is 4.59. The van der Waals surface area contributed by atoms with Crippen LogP contribution in [0.25, 0.3) is 0 Å². The van der Waals surface area contributed by atoms with Crippen LogP contribution in [0.5, 0.6) is 0 Å². The van der Waals surface area contributed by atoms with Gasteiger partial charge in [0.1, 0.15) is 0 Å². The van der Waals surface area contributed by atoms with Gasteiger partial charge in [0.05, 0.1) is 0 Å². The highest BCUT2D eigenvalue weighted by Gasteiger charge is 2.31. The summed E-state index contributed by atoms with van der Waals surface area (Å²) in [5.41, 5.74) is 24.4. The Hall–Kier alpha value is -0.160. The monoisotopic (exact) mass is 314 g/mol. The molecule has 0 aromatic heterocycles. The lowest BCUT2D eigenvalue weighted by Crippen LogP contribution is -2.40. The predicted molar refractivity (Wildman–Crippen MR) is 98.4 cm³/mol. The third kappa shape index (κ3) is 8.47. The van der Waals surface area contributed by atoms with E-state index < -0.39 is 0 Å². The molecule has 0 radical (unpaired) electrons. The first-order valence-electron chi connectivity index (χ1n) is 8.95. The zero-order chi connectivity index (χ0) is 17.4. The molecule has 0 saturated heterocycles. The quantitative estimate of drug-likeness (QED) is 0.444. The van der Waals surface area contributed by atoms with Crippen LogP contribution >= 0.6 is 0 Å². The fourth-order valence-corrected chi connectivity index (χ4v) is 3.76. The van der Waals surface area contributed by atoms with Gasteiger partial charge in [-0.05, 0) is 74.4 Å². The molecule has 0 rings (SSSR count). The summed E-state index contributed by atoms with van der Waals surface area (Å²) in [7, 11) is 0. The van der Waals surface area contributed by atoms with E-state index in [0.717, 1.165) is 45.2 Å². The number of hydrogen-bond donors (Lipinski definition) is 4.